The zero-order chi connectivity index (χ0) is 8.43. The lowest BCUT2D eigenvalue weighted by atomic mass is 10.4. The van der Waals surface area contributed by atoms with E-state index in [9.17, 15) is 4.79 Å². The van der Waals surface area contributed by atoms with E-state index in [1.807, 2.05) is 0 Å². The van der Waals surface area contributed by atoms with Crippen molar-refractivity contribution < 1.29 is 9.53 Å². The molecule has 0 saturated carbocycles. The Morgan fingerprint density at radius 1 is 1.73 bits per heavy atom. The molecular weight excluding hydrogens is 212 g/mol. The van der Waals surface area contributed by atoms with Gasteiger partial charge in [-0.1, -0.05) is 0 Å². The monoisotopic (exact) mass is 218 g/mol. The van der Waals surface area contributed by atoms with Gasteiger partial charge in [0.15, 0.2) is 6.29 Å². The van der Waals surface area contributed by atoms with Crippen LogP contribution in [0.3, 0.4) is 0 Å². The summed E-state index contributed by atoms with van der Waals surface area (Å²) in [5.74, 6) is 0.342. The van der Waals surface area contributed by atoms with Crippen LogP contribution in [-0.4, -0.2) is 23.2 Å². The highest BCUT2D eigenvalue weighted by Crippen LogP contribution is 2.22. The molecule has 0 amide bonds. The van der Waals surface area contributed by atoms with Crippen molar-refractivity contribution in [2.75, 3.05) is 7.11 Å². The number of rotatable bonds is 2. The molecule has 1 aromatic heterocycles. The molecule has 0 spiro atoms. The number of ether oxygens (including phenoxy) is 1. The first-order valence-corrected chi connectivity index (χ1v) is 3.71. The minimum atomic E-state index is 0.342. The molecule has 0 unspecified atom stereocenters. The predicted molar refractivity (Wildman–Crippen MR) is 42.8 cm³/mol. The van der Waals surface area contributed by atoms with E-state index in [0.717, 1.165) is 0 Å². The Kier molecular flexibility index (Phi) is 2.28. The minimum Gasteiger partial charge on any atom is -0.479 e. The lowest BCUT2D eigenvalue weighted by Crippen LogP contribution is -1.90. The van der Waals surface area contributed by atoms with Gasteiger partial charge < -0.3 is 4.74 Å². The number of nitrogens with zero attached hydrogens (tertiary/aromatic N) is 2. The number of halogens is 1. The third-order valence-electron chi connectivity index (χ3n) is 1.29. The van der Waals surface area contributed by atoms with Gasteiger partial charge in [0.05, 0.1) is 7.11 Å². The molecule has 1 rings (SSSR count). The van der Waals surface area contributed by atoms with Gasteiger partial charge in [-0.2, -0.15) is 0 Å². The van der Waals surface area contributed by atoms with E-state index in [4.69, 9.17) is 4.74 Å². The number of aldehydes is 1. The van der Waals surface area contributed by atoms with Gasteiger partial charge in [-0.3, -0.25) is 9.48 Å². The average Bonchev–Trinajstić information content (AvgIpc) is 2.28. The lowest BCUT2D eigenvalue weighted by molar-refractivity contribution is 0.112. The molecule has 1 heterocycles. The maximum atomic E-state index is 10.5. The Hall–Kier alpha value is -0.840. The third-order valence-corrected chi connectivity index (χ3v) is 2.23. The molecule has 0 aliphatic heterocycles. The van der Waals surface area contributed by atoms with Gasteiger partial charge in [0.2, 0.25) is 5.88 Å². The molecule has 11 heavy (non-hydrogen) atoms. The van der Waals surface area contributed by atoms with Gasteiger partial charge in [-0.15, -0.1) is 5.10 Å². The topological polar surface area (TPSA) is 44.1 Å². The Labute approximate surface area is 72.3 Å². The second kappa shape index (κ2) is 3.04. The number of hydrogen-bond acceptors (Lipinski definition) is 3. The Morgan fingerprint density at radius 3 is 2.73 bits per heavy atom. The Morgan fingerprint density at radius 2 is 2.36 bits per heavy atom. The van der Waals surface area contributed by atoms with Crippen LogP contribution in [0.2, 0.25) is 0 Å². The van der Waals surface area contributed by atoms with E-state index in [2.05, 4.69) is 21.0 Å². The highest BCUT2D eigenvalue weighted by atomic mass is 79.9. The van der Waals surface area contributed by atoms with Crippen molar-refractivity contribution in [3.63, 3.8) is 0 Å². The molecule has 0 saturated heterocycles. The van der Waals surface area contributed by atoms with E-state index in [-0.39, 0.29) is 0 Å². The van der Waals surface area contributed by atoms with Crippen molar-refractivity contribution in [2.45, 2.75) is 0 Å². The molecule has 5 heteroatoms. The summed E-state index contributed by atoms with van der Waals surface area (Å²) in [6.07, 6.45) is 0.704. The van der Waals surface area contributed by atoms with Crippen LogP contribution in [0.4, 0.5) is 0 Å². The number of aryl methyl sites for hydroxylation is 1. The quantitative estimate of drug-likeness (QED) is 0.697. The minimum absolute atomic E-state index is 0.342. The highest BCUT2D eigenvalue weighted by molar-refractivity contribution is 9.10. The molecule has 0 bridgehead atoms. The first-order chi connectivity index (χ1) is 5.20. The average molecular weight is 219 g/mol. The van der Waals surface area contributed by atoms with E-state index in [1.165, 1.54) is 11.8 Å². The second-order valence-electron chi connectivity index (χ2n) is 1.96. The Bertz CT molecular complexity index is 282. The van der Waals surface area contributed by atoms with Crippen LogP contribution in [0.25, 0.3) is 0 Å². The normalized spacial score (nSPS) is 9.73. The van der Waals surface area contributed by atoms with Crippen LogP contribution in [0.15, 0.2) is 4.60 Å². The fourth-order valence-corrected chi connectivity index (χ4v) is 1.09. The zero-order valence-corrected chi connectivity index (χ0v) is 7.75. The summed E-state index contributed by atoms with van der Waals surface area (Å²) in [6, 6.07) is 0. The summed E-state index contributed by atoms with van der Waals surface area (Å²) in [6.45, 7) is 0. The Balaban J connectivity index is 3.26. The zero-order valence-electron chi connectivity index (χ0n) is 6.17. The summed E-state index contributed by atoms with van der Waals surface area (Å²) in [7, 11) is 3.20. The number of carbonyl (C=O) groups is 1. The smallest absolute Gasteiger partial charge is 0.244 e. The molecule has 0 aliphatic carbocycles. The molecule has 0 atom stereocenters. The third kappa shape index (κ3) is 1.28. The highest BCUT2D eigenvalue weighted by Gasteiger charge is 2.12. The number of aromatic nitrogens is 2. The molecule has 0 N–H and O–H groups in total. The summed E-state index contributed by atoms with van der Waals surface area (Å²) in [5.41, 5.74) is 0.440. The largest absolute Gasteiger partial charge is 0.479 e. The van der Waals surface area contributed by atoms with Crippen LogP contribution < -0.4 is 4.74 Å². The predicted octanol–water partition coefficient (Wildman–Crippen LogP) is 1.00. The second-order valence-corrected chi connectivity index (χ2v) is 2.71. The SMILES string of the molecule is COc1nn(C)c(Br)c1C=O. The van der Waals surface area contributed by atoms with Gasteiger partial charge >= 0.3 is 0 Å². The number of methoxy groups -OCH3 is 1. The molecule has 0 radical (unpaired) electrons. The van der Waals surface area contributed by atoms with Crippen molar-refractivity contribution in [1.82, 2.24) is 9.78 Å². The molecule has 0 aromatic carbocycles. The van der Waals surface area contributed by atoms with Crippen LogP contribution in [0, 0.1) is 0 Å². The first kappa shape index (κ1) is 8.26. The van der Waals surface area contributed by atoms with Gasteiger partial charge in [-0.25, -0.2) is 0 Å². The summed E-state index contributed by atoms with van der Waals surface area (Å²) < 4.78 is 7.00. The van der Waals surface area contributed by atoms with Gasteiger partial charge in [0.1, 0.15) is 10.2 Å². The molecule has 4 nitrogen and oxygen atoms in total. The summed E-state index contributed by atoms with van der Waals surface area (Å²) in [4.78, 5) is 10.5. The van der Waals surface area contributed by atoms with Crippen molar-refractivity contribution in [3.8, 4) is 5.88 Å². The van der Waals surface area contributed by atoms with E-state index < -0.39 is 0 Å². The summed E-state index contributed by atoms with van der Waals surface area (Å²) >= 11 is 3.19. The van der Waals surface area contributed by atoms with Crippen molar-refractivity contribution in [3.05, 3.63) is 10.2 Å². The maximum absolute atomic E-state index is 10.5. The van der Waals surface area contributed by atoms with Crippen molar-refractivity contribution in [2.24, 2.45) is 7.05 Å². The molecule has 60 valence electrons. The lowest BCUT2D eigenvalue weighted by Gasteiger charge is -1.90. The van der Waals surface area contributed by atoms with E-state index in [0.29, 0.717) is 22.3 Å². The van der Waals surface area contributed by atoms with Crippen LogP contribution >= 0.6 is 15.9 Å². The first-order valence-electron chi connectivity index (χ1n) is 2.92. The summed E-state index contributed by atoms with van der Waals surface area (Å²) in [5, 5.41) is 3.92. The van der Waals surface area contributed by atoms with E-state index >= 15 is 0 Å². The molecule has 0 fully saturated rings. The molecule has 1 aromatic rings. The molecule has 0 aliphatic rings. The van der Waals surface area contributed by atoms with Crippen molar-refractivity contribution >= 4 is 22.2 Å². The van der Waals surface area contributed by atoms with Gasteiger partial charge in [0, 0.05) is 7.05 Å². The standard InChI is InChI=1S/C6H7BrN2O2/c1-9-5(7)4(3-10)6(8-9)11-2/h3H,1-2H3. The molecular formula is C6H7BrN2O2. The van der Waals surface area contributed by atoms with Gasteiger partial charge in [0.25, 0.3) is 0 Å². The van der Waals surface area contributed by atoms with Crippen LogP contribution in [0.1, 0.15) is 10.4 Å². The number of carbonyl (C=O) groups excluding carboxylic acids is 1. The number of hydrogen-bond donors (Lipinski definition) is 0. The van der Waals surface area contributed by atoms with Crippen molar-refractivity contribution in [1.29, 1.82) is 0 Å². The van der Waals surface area contributed by atoms with Gasteiger partial charge in [-0.05, 0) is 15.9 Å². The fourth-order valence-electron chi connectivity index (χ4n) is 0.746. The van der Waals surface area contributed by atoms with Crippen LogP contribution in [-0.2, 0) is 7.05 Å². The van der Waals surface area contributed by atoms with Crippen LogP contribution in [0.5, 0.6) is 5.88 Å². The van der Waals surface area contributed by atoms with E-state index in [1.54, 1.807) is 7.05 Å². The fraction of sp³-hybridized carbons (Fsp3) is 0.333. The maximum Gasteiger partial charge on any atom is 0.244 e.